The molecule has 3 N–H and O–H groups in total. The summed E-state index contributed by atoms with van der Waals surface area (Å²) in [6.45, 7) is 2.11. The number of nitrogens with zero attached hydrogens (tertiary/aromatic N) is 6. The number of carbonyl (C=O) groups excluding carboxylic acids is 1. The Balaban J connectivity index is 1.57. The molecule has 0 fully saturated rings. The lowest BCUT2D eigenvalue weighted by molar-refractivity contribution is -0.132. The average molecular weight is 497 g/mol. The number of rotatable bonds is 8. The van der Waals surface area contributed by atoms with Crippen LogP contribution in [0.25, 0.3) is 0 Å². The summed E-state index contributed by atoms with van der Waals surface area (Å²) in [7, 11) is 3.31. The van der Waals surface area contributed by atoms with Gasteiger partial charge in [0, 0.05) is 50.3 Å². The van der Waals surface area contributed by atoms with E-state index in [9.17, 15) is 13.6 Å². The number of anilines is 2. The largest absolute Gasteiger partial charge is 0.394 e. The van der Waals surface area contributed by atoms with Gasteiger partial charge in [0.25, 0.3) is 5.91 Å². The van der Waals surface area contributed by atoms with Crippen LogP contribution in [0.4, 0.5) is 26.4 Å². The molecule has 0 spiro atoms. The Bertz CT molecular complexity index is 1340. The number of carbonyl (C=O) groups is 1. The highest BCUT2D eigenvalue weighted by atomic mass is 19.2. The number of amides is 1. The standard InChI is InChI=1S/C24H26F2N8O2/c1-14-10-29-24(31-20-6-7-30-33(20)2)32-22(14)28-11-16-9-17(13-36-3)34(23(35)21(16)27)12-15-4-5-18(25)19(26)8-15/h4-8,10-11,17H,9,12-13,27H2,1-3H3,(H,29,31,32)/t17-/m1/s1. The van der Waals surface area contributed by atoms with Crippen molar-refractivity contribution in [2.75, 3.05) is 19.0 Å². The summed E-state index contributed by atoms with van der Waals surface area (Å²) in [6, 6.07) is 4.94. The van der Waals surface area contributed by atoms with E-state index in [1.165, 1.54) is 24.3 Å². The van der Waals surface area contributed by atoms with E-state index < -0.39 is 17.5 Å². The second kappa shape index (κ2) is 10.6. The molecule has 0 aliphatic carbocycles. The zero-order valence-electron chi connectivity index (χ0n) is 20.1. The zero-order valence-corrected chi connectivity index (χ0v) is 20.1. The number of benzene rings is 1. The molecule has 0 bridgehead atoms. The van der Waals surface area contributed by atoms with Crippen LogP contribution in [0, 0.1) is 18.6 Å². The van der Waals surface area contributed by atoms with E-state index in [1.54, 1.807) is 30.2 Å². The second-order valence-corrected chi connectivity index (χ2v) is 8.36. The summed E-state index contributed by atoms with van der Waals surface area (Å²) in [5.74, 6) is -0.902. The van der Waals surface area contributed by atoms with Crippen molar-refractivity contribution in [1.29, 1.82) is 0 Å². The summed E-state index contributed by atoms with van der Waals surface area (Å²) in [5.41, 5.74) is 7.91. The number of methoxy groups -OCH3 is 1. The van der Waals surface area contributed by atoms with Crippen LogP contribution in [0.2, 0.25) is 0 Å². The Labute approximate surface area is 206 Å². The van der Waals surface area contributed by atoms with Gasteiger partial charge in [0.15, 0.2) is 17.5 Å². The van der Waals surface area contributed by atoms with Crippen LogP contribution in [0.5, 0.6) is 0 Å². The molecule has 10 nitrogen and oxygen atoms in total. The smallest absolute Gasteiger partial charge is 0.270 e. The van der Waals surface area contributed by atoms with Crippen molar-refractivity contribution in [2.45, 2.75) is 25.9 Å². The van der Waals surface area contributed by atoms with Crippen molar-refractivity contribution >= 4 is 29.7 Å². The molecule has 1 aromatic carbocycles. The number of aliphatic imine (C=N–C) groups is 1. The number of aromatic nitrogens is 4. The minimum absolute atomic E-state index is 0.0219. The van der Waals surface area contributed by atoms with E-state index in [4.69, 9.17) is 10.5 Å². The van der Waals surface area contributed by atoms with Gasteiger partial charge in [-0.2, -0.15) is 10.1 Å². The summed E-state index contributed by atoms with van der Waals surface area (Å²) >= 11 is 0. The molecular formula is C24H26F2N8O2. The van der Waals surface area contributed by atoms with Gasteiger partial charge in [0.2, 0.25) is 5.95 Å². The van der Waals surface area contributed by atoms with Crippen molar-refractivity contribution in [3.8, 4) is 0 Å². The van der Waals surface area contributed by atoms with Gasteiger partial charge in [-0.25, -0.2) is 18.8 Å². The average Bonchev–Trinajstić information content (AvgIpc) is 3.26. The molecule has 1 amide bonds. The first-order valence-electron chi connectivity index (χ1n) is 11.1. The van der Waals surface area contributed by atoms with Crippen molar-refractivity contribution in [3.05, 3.63) is 70.7 Å². The topological polar surface area (TPSA) is 124 Å². The quantitative estimate of drug-likeness (QED) is 0.460. The maximum Gasteiger partial charge on any atom is 0.270 e. The molecule has 188 valence electrons. The summed E-state index contributed by atoms with van der Waals surface area (Å²) < 4.78 is 34.0. The van der Waals surface area contributed by atoms with Gasteiger partial charge < -0.3 is 20.7 Å². The zero-order chi connectivity index (χ0) is 25.8. The van der Waals surface area contributed by atoms with E-state index in [2.05, 4.69) is 25.4 Å². The molecule has 2 aromatic heterocycles. The Morgan fingerprint density at radius 3 is 2.81 bits per heavy atom. The number of nitrogens with one attached hydrogen (secondary N) is 1. The Morgan fingerprint density at radius 1 is 1.31 bits per heavy atom. The second-order valence-electron chi connectivity index (χ2n) is 8.36. The van der Waals surface area contributed by atoms with Gasteiger partial charge in [0.1, 0.15) is 11.5 Å². The monoisotopic (exact) mass is 496 g/mol. The van der Waals surface area contributed by atoms with Crippen LogP contribution in [0.3, 0.4) is 0 Å². The first-order valence-corrected chi connectivity index (χ1v) is 11.1. The molecule has 0 saturated heterocycles. The molecular weight excluding hydrogens is 470 g/mol. The highest BCUT2D eigenvalue weighted by molar-refractivity contribution is 6.01. The van der Waals surface area contributed by atoms with Crippen molar-refractivity contribution in [3.63, 3.8) is 0 Å². The van der Waals surface area contributed by atoms with Crippen LogP contribution in [0.15, 0.2) is 52.9 Å². The minimum atomic E-state index is -0.978. The van der Waals surface area contributed by atoms with Crippen molar-refractivity contribution in [2.24, 2.45) is 17.8 Å². The van der Waals surface area contributed by atoms with Gasteiger partial charge in [-0.05, 0) is 31.0 Å². The third kappa shape index (κ3) is 5.38. The summed E-state index contributed by atoms with van der Waals surface area (Å²) in [5, 5.41) is 7.17. The van der Waals surface area contributed by atoms with Gasteiger partial charge in [-0.1, -0.05) is 6.07 Å². The van der Waals surface area contributed by atoms with Crippen molar-refractivity contribution < 1.29 is 18.3 Å². The third-order valence-electron chi connectivity index (χ3n) is 5.78. The predicted octanol–water partition coefficient (Wildman–Crippen LogP) is 2.90. The number of hydrogen-bond acceptors (Lipinski definition) is 8. The molecule has 1 aliphatic heterocycles. The molecule has 0 unspecified atom stereocenters. The van der Waals surface area contributed by atoms with Crippen LogP contribution >= 0.6 is 0 Å². The van der Waals surface area contributed by atoms with Crippen LogP contribution in [-0.4, -0.2) is 56.5 Å². The fraction of sp³-hybridized carbons (Fsp3) is 0.292. The van der Waals surface area contributed by atoms with Gasteiger partial charge >= 0.3 is 0 Å². The number of ether oxygens (including phenoxy) is 1. The molecule has 1 aliphatic rings. The summed E-state index contributed by atoms with van der Waals surface area (Å²) in [6.07, 6.45) is 5.17. The third-order valence-corrected chi connectivity index (χ3v) is 5.78. The molecule has 12 heteroatoms. The number of halogens is 2. The van der Waals surface area contributed by atoms with Gasteiger partial charge in [-0.15, -0.1) is 0 Å². The van der Waals surface area contributed by atoms with E-state index in [0.29, 0.717) is 35.1 Å². The molecule has 4 rings (SSSR count). The fourth-order valence-corrected chi connectivity index (χ4v) is 3.81. The molecule has 36 heavy (non-hydrogen) atoms. The van der Waals surface area contributed by atoms with E-state index >= 15 is 0 Å². The fourth-order valence-electron chi connectivity index (χ4n) is 3.81. The normalized spacial score (nSPS) is 16.3. The minimum Gasteiger partial charge on any atom is -0.394 e. The highest BCUT2D eigenvalue weighted by Crippen LogP contribution is 2.26. The van der Waals surface area contributed by atoms with Gasteiger partial charge in [0.05, 0.1) is 18.8 Å². The molecule has 3 heterocycles. The van der Waals surface area contributed by atoms with Crippen LogP contribution in [-0.2, 0) is 23.1 Å². The number of aryl methyl sites for hydroxylation is 2. The summed E-state index contributed by atoms with van der Waals surface area (Å²) in [4.78, 5) is 27.8. The first kappa shape index (κ1) is 24.9. The van der Waals surface area contributed by atoms with Crippen LogP contribution in [0.1, 0.15) is 17.5 Å². The molecule has 0 radical (unpaired) electrons. The van der Waals surface area contributed by atoms with Crippen molar-refractivity contribution in [1.82, 2.24) is 24.6 Å². The number of nitrogens with two attached hydrogens (primary N) is 1. The first-order chi connectivity index (χ1) is 17.3. The highest BCUT2D eigenvalue weighted by Gasteiger charge is 2.32. The van der Waals surface area contributed by atoms with E-state index in [0.717, 1.165) is 17.7 Å². The lowest BCUT2D eigenvalue weighted by atomic mass is 9.97. The number of hydrogen-bond donors (Lipinski definition) is 2. The molecule has 3 aromatic rings. The lowest BCUT2D eigenvalue weighted by Gasteiger charge is -2.36. The lowest BCUT2D eigenvalue weighted by Crippen LogP contribution is -2.48. The Morgan fingerprint density at radius 2 is 2.11 bits per heavy atom. The van der Waals surface area contributed by atoms with Crippen LogP contribution < -0.4 is 11.1 Å². The Kier molecular flexibility index (Phi) is 7.34. The SMILES string of the molecule is COC[C@H]1CC(C=Nc2nc(Nc3ccnn3C)ncc2C)=C(N)C(=O)N1Cc1ccc(F)c(F)c1. The van der Waals surface area contributed by atoms with Gasteiger partial charge in [-0.3, -0.25) is 9.48 Å². The predicted molar refractivity (Wildman–Crippen MR) is 130 cm³/mol. The Hall–Kier alpha value is -4.19. The molecule has 0 saturated carbocycles. The van der Waals surface area contributed by atoms with E-state index in [-0.39, 0.29) is 24.9 Å². The maximum absolute atomic E-state index is 13.7. The maximum atomic E-state index is 13.7. The van der Waals surface area contributed by atoms with E-state index in [1.807, 2.05) is 6.92 Å². The molecule has 1 atom stereocenters.